The van der Waals surface area contributed by atoms with Crippen LogP contribution in [0.15, 0.2) is 72.8 Å². The SMILES string of the molecule is CN1CCCN(c2ccc3nc(CCCO)c4nc5ccccc5n4c3n2)CC1.CN1CCCN(c2ccc3nc(Cl)c4nc5ccccc5n4c3n2)CC1.NCCO. The van der Waals surface area contributed by atoms with Gasteiger partial charge in [-0.25, -0.2) is 29.9 Å². The Morgan fingerprint density at radius 2 is 1.05 bits per heavy atom. The number of aryl methyl sites for hydroxylation is 1. The molecule has 8 heterocycles. The van der Waals surface area contributed by atoms with Crippen molar-refractivity contribution < 1.29 is 10.2 Å². The molecule has 6 aromatic heterocycles. The Labute approximate surface area is 347 Å². The van der Waals surface area contributed by atoms with E-state index in [0.717, 1.165) is 133 Å². The van der Waals surface area contributed by atoms with Crippen LogP contribution in [0.4, 0.5) is 11.6 Å². The van der Waals surface area contributed by atoms with E-state index in [1.165, 1.54) is 0 Å². The molecule has 2 aromatic carbocycles. The Kier molecular flexibility index (Phi) is 12.6. The minimum atomic E-state index is 0.0972. The number of para-hydroxylation sites is 4. The zero-order chi connectivity index (χ0) is 40.9. The molecule has 0 spiro atoms. The summed E-state index contributed by atoms with van der Waals surface area (Å²) in [5.74, 6) is 1.98. The first-order valence-electron chi connectivity index (χ1n) is 20.5. The van der Waals surface area contributed by atoms with Crippen molar-refractivity contribution >= 4 is 78.9 Å². The molecule has 2 saturated heterocycles. The molecule has 8 aromatic rings. The van der Waals surface area contributed by atoms with E-state index < -0.39 is 0 Å². The maximum atomic E-state index is 9.30. The summed E-state index contributed by atoms with van der Waals surface area (Å²) in [6.45, 7) is 8.93. The molecule has 2 aliphatic rings. The van der Waals surface area contributed by atoms with Crippen LogP contribution in [-0.4, -0.2) is 145 Å². The number of aromatic nitrogens is 8. The second-order valence-corrected chi connectivity index (χ2v) is 15.5. The Bertz CT molecular complexity index is 2700. The lowest BCUT2D eigenvalue weighted by molar-refractivity contribution is 0.288. The first-order valence-corrected chi connectivity index (χ1v) is 20.8. The minimum absolute atomic E-state index is 0.0972. The maximum absolute atomic E-state index is 9.30. The number of anilines is 2. The van der Waals surface area contributed by atoms with Crippen molar-refractivity contribution in [1.82, 2.24) is 48.5 Å². The highest BCUT2D eigenvalue weighted by molar-refractivity contribution is 6.33. The first-order chi connectivity index (χ1) is 28.9. The number of pyridine rings is 2. The molecule has 0 atom stereocenters. The monoisotopic (exact) mass is 817 g/mol. The summed E-state index contributed by atoms with van der Waals surface area (Å²) < 4.78 is 4.16. The van der Waals surface area contributed by atoms with E-state index in [2.05, 4.69) is 66.3 Å². The molecule has 15 nitrogen and oxygen atoms in total. The quantitative estimate of drug-likeness (QED) is 0.213. The molecule has 0 unspecified atom stereocenters. The topological polar surface area (TPSA) is 166 Å². The number of hydrogen-bond acceptors (Lipinski definition) is 13. The third-order valence-electron chi connectivity index (χ3n) is 10.9. The van der Waals surface area contributed by atoms with Crippen molar-refractivity contribution in [2.45, 2.75) is 25.7 Å². The van der Waals surface area contributed by atoms with Gasteiger partial charge in [0.1, 0.15) is 22.7 Å². The summed E-state index contributed by atoms with van der Waals surface area (Å²) in [5.41, 5.74) is 14.3. The molecule has 4 N–H and O–H groups in total. The zero-order valence-electron chi connectivity index (χ0n) is 33.8. The van der Waals surface area contributed by atoms with Crippen LogP contribution in [0, 0.1) is 0 Å². The number of nitrogens with zero attached hydrogens (tertiary/aromatic N) is 12. The molecule has 0 amide bonds. The Morgan fingerprint density at radius 3 is 1.59 bits per heavy atom. The number of halogens is 1. The lowest BCUT2D eigenvalue weighted by atomic mass is 10.2. The minimum Gasteiger partial charge on any atom is -0.396 e. The number of fused-ring (bicyclic) bond motifs is 10. The molecule has 0 aliphatic carbocycles. The summed E-state index contributed by atoms with van der Waals surface area (Å²) in [4.78, 5) is 38.3. The Morgan fingerprint density at radius 1 is 0.542 bits per heavy atom. The van der Waals surface area contributed by atoms with Gasteiger partial charge in [-0.3, -0.25) is 8.80 Å². The second kappa shape index (κ2) is 18.3. The van der Waals surface area contributed by atoms with E-state index in [4.69, 9.17) is 42.4 Å². The van der Waals surface area contributed by atoms with Gasteiger partial charge in [0.05, 0.1) is 34.4 Å². The Balaban J connectivity index is 0.000000151. The number of benzene rings is 2. The van der Waals surface area contributed by atoms with Gasteiger partial charge in [0.25, 0.3) is 0 Å². The molecule has 16 heteroatoms. The van der Waals surface area contributed by atoms with E-state index >= 15 is 0 Å². The molecule has 2 fully saturated rings. The Hall–Kier alpha value is -5.29. The van der Waals surface area contributed by atoms with Crippen LogP contribution < -0.4 is 15.5 Å². The van der Waals surface area contributed by atoms with E-state index in [0.29, 0.717) is 30.2 Å². The molecule has 0 saturated carbocycles. The maximum Gasteiger partial charge on any atom is 0.177 e. The average molecular weight is 818 g/mol. The zero-order valence-corrected chi connectivity index (χ0v) is 34.5. The molecule has 308 valence electrons. The number of hydrogen-bond donors (Lipinski definition) is 3. The second-order valence-electron chi connectivity index (χ2n) is 15.1. The van der Waals surface area contributed by atoms with Gasteiger partial charge in [-0.05, 0) is 101 Å². The predicted molar refractivity (Wildman–Crippen MR) is 237 cm³/mol. The molecule has 0 radical (unpaired) electrons. The van der Waals surface area contributed by atoms with Crippen molar-refractivity contribution in [2.75, 3.05) is 96.0 Å². The highest BCUT2D eigenvalue weighted by Gasteiger charge is 2.20. The lowest BCUT2D eigenvalue weighted by Crippen LogP contribution is -2.29. The fraction of sp³-hybridized carbons (Fsp3) is 0.395. The highest BCUT2D eigenvalue weighted by Crippen LogP contribution is 2.29. The van der Waals surface area contributed by atoms with Gasteiger partial charge < -0.3 is 35.5 Å². The first kappa shape index (κ1) is 40.5. The van der Waals surface area contributed by atoms with Gasteiger partial charge in [-0.1, -0.05) is 35.9 Å². The largest absolute Gasteiger partial charge is 0.396 e. The van der Waals surface area contributed by atoms with Crippen molar-refractivity contribution in [3.05, 3.63) is 83.6 Å². The highest BCUT2D eigenvalue weighted by atomic mass is 35.5. The van der Waals surface area contributed by atoms with Gasteiger partial charge in [-0.2, -0.15) is 0 Å². The summed E-state index contributed by atoms with van der Waals surface area (Å²) in [6.07, 6.45) is 3.64. The number of aliphatic hydroxyl groups excluding tert-OH is 2. The summed E-state index contributed by atoms with van der Waals surface area (Å²) in [5, 5.41) is 17.5. The van der Waals surface area contributed by atoms with E-state index in [-0.39, 0.29) is 13.2 Å². The molecule has 59 heavy (non-hydrogen) atoms. The number of aliphatic hydroxyl groups is 2. The molecular formula is C43H52ClN13O2. The lowest BCUT2D eigenvalue weighted by Gasteiger charge is -2.22. The third-order valence-corrected chi connectivity index (χ3v) is 11.2. The molecule has 2 aliphatic heterocycles. The van der Waals surface area contributed by atoms with Crippen LogP contribution in [0.5, 0.6) is 0 Å². The van der Waals surface area contributed by atoms with Crippen molar-refractivity contribution in [1.29, 1.82) is 0 Å². The van der Waals surface area contributed by atoms with Crippen molar-refractivity contribution in [3.63, 3.8) is 0 Å². The van der Waals surface area contributed by atoms with Crippen LogP contribution in [0.3, 0.4) is 0 Å². The predicted octanol–water partition coefficient (Wildman–Crippen LogP) is 4.66. The van der Waals surface area contributed by atoms with E-state index in [9.17, 15) is 5.11 Å². The number of nitrogens with two attached hydrogens (primary N) is 1. The summed E-state index contributed by atoms with van der Waals surface area (Å²) in [7, 11) is 4.35. The molecular weight excluding hydrogens is 766 g/mol. The number of imidazole rings is 2. The van der Waals surface area contributed by atoms with Crippen LogP contribution in [0.1, 0.15) is 25.0 Å². The molecule has 0 bridgehead atoms. The fourth-order valence-electron chi connectivity index (χ4n) is 7.85. The normalized spacial score (nSPS) is 15.8. The van der Waals surface area contributed by atoms with Crippen LogP contribution >= 0.6 is 11.6 Å². The van der Waals surface area contributed by atoms with Crippen LogP contribution in [-0.2, 0) is 6.42 Å². The number of rotatable bonds is 6. The van der Waals surface area contributed by atoms with Crippen molar-refractivity contribution in [2.24, 2.45) is 5.73 Å². The van der Waals surface area contributed by atoms with Crippen molar-refractivity contribution in [3.8, 4) is 0 Å². The smallest absolute Gasteiger partial charge is 0.177 e. The van der Waals surface area contributed by atoms with Gasteiger partial charge in [-0.15, -0.1) is 0 Å². The van der Waals surface area contributed by atoms with Gasteiger partial charge in [0, 0.05) is 52.4 Å². The summed E-state index contributed by atoms with van der Waals surface area (Å²) in [6, 6.07) is 24.4. The standard InChI is InChI=1S/C22H26N6O.C19H19ClN6.C2H7NO/c1-26-11-5-12-27(14-13-26)20-10-9-18-22(25-20)28-19-8-3-2-6-16(19)24-21(28)17(23-18)7-4-15-29;1-24-9-4-10-25(12-11-24)16-8-7-14-18(23-16)26-15-6-3-2-5-13(15)22-19(26)17(20)21-14;3-1-2-4/h2-3,6,8-10,29H,4-5,7,11-15H2,1H3;2-3,5-8H,4,9-12H2,1H3;4H,1-3H2. The third kappa shape index (κ3) is 8.58. The van der Waals surface area contributed by atoms with Gasteiger partial charge in [0.15, 0.2) is 27.7 Å². The molecule has 10 rings (SSSR count). The van der Waals surface area contributed by atoms with Gasteiger partial charge >= 0.3 is 0 Å². The van der Waals surface area contributed by atoms with Crippen LogP contribution in [0.2, 0.25) is 5.15 Å². The number of likely N-dealkylation sites (N-methyl/N-ethyl adjacent to an activating group) is 2. The van der Waals surface area contributed by atoms with Crippen LogP contribution in [0.25, 0.3) is 55.7 Å². The van der Waals surface area contributed by atoms with E-state index in [1.807, 2.05) is 59.0 Å². The average Bonchev–Trinajstić information content (AvgIpc) is 3.69. The van der Waals surface area contributed by atoms with E-state index in [1.54, 1.807) is 0 Å². The summed E-state index contributed by atoms with van der Waals surface area (Å²) >= 11 is 6.40. The van der Waals surface area contributed by atoms with Gasteiger partial charge in [0.2, 0.25) is 0 Å². The fourth-order valence-corrected chi connectivity index (χ4v) is 8.07.